The normalized spacial score (nSPS) is 10.5. The minimum absolute atomic E-state index is 0.252. The molecule has 0 spiro atoms. The van der Waals surface area contributed by atoms with Gasteiger partial charge >= 0.3 is 0 Å². The molecular weight excluding hydrogens is 208 g/mol. The zero-order chi connectivity index (χ0) is 12.1. The molecule has 1 N–H and O–H groups in total. The highest BCUT2D eigenvalue weighted by molar-refractivity contribution is 5.67. The van der Waals surface area contributed by atoms with E-state index < -0.39 is 0 Å². The number of aliphatic hydroxyl groups is 1. The lowest BCUT2D eigenvalue weighted by atomic mass is 9.96. The third-order valence-electron chi connectivity index (χ3n) is 2.98. The van der Waals surface area contributed by atoms with Crippen molar-refractivity contribution in [3.05, 3.63) is 59.7 Å². The second-order valence-corrected chi connectivity index (χ2v) is 4.35. The van der Waals surface area contributed by atoms with Crippen LogP contribution in [0.3, 0.4) is 0 Å². The third-order valence-corrected chi connectivity index (χ3v) is 2.98. The van der Waals surface area contributed by atoms with E-state index in [0.717, 1.165) is 12.8 Å². The molecule has 2 aromatic rings. The Bertz CT molecular complexity index is 471. The van der Waals surface area contributed by atoms with Gasteiger partial charge in [0.05, 0.1) is 0 Å². The van der Waals surface area contributed by atoms with Gasteiger partial charge in [-0.3, -0.25) is 0 Å². The molecule has 0 saturated carbocycles. The van der Waals surface area contributed by atoms with Crippen molar-refractivity contribution in [2.24, 2.45) is 0 Å². The van der Waals surface area contributed by atoms with Gasteiger partial charge in [0.15, 0.2) is 0 Å². The summed E-state index contributed by atoms with van der Waals surface area (Å²) < 4.78 is 0. The fourth-order valence-electron chi connectivity index (χ4n) is 2.02. The second-order valence-electron chi connectivity index (χ2n) is 4.35. The Morgan fingerprint density at radius 2 is 1.65 bits per heavy atom. The van der Waals surface area contributed by atoms with Crippen molar-refractivity contribution in [2.45, 2.75) is 19.8 Å². The van der Waals surface area contributed by atoms with E-state index in [1.54, 1.807) is 0 Å². The van der Waals surface area contributed by atoms with Gasteiger partial charge in [0.25, 0.3) is 0 Å². The van der Waals surface area contributed by atoms with Gasteiger partial charge in [0.1, 0.15) is 0 Å². The number of hydrogen-bond donors (Lipinski definition) is 1. The Kier molecular flexibility index (Phi) is 3.94. The summed E-state index contributed by atoms with van der Waals surface area (Å²) in [5.41, 5.74) is 5.12. The molecule has 1 nitrogen and oxygen atoms in total. The van der Waals surface area contributed by atoms with Crippen molar-refractivity contribution < 1.29 is 5.11 Å². The molecule has 0 fully saturated rings. The molecule has 17 heavy (non-hydrogen) atoms. The van der Waals surface area contributed by atoms with E-state index >= 15 is 0 Å². The van der Waals surface area contributed by atoms with E-state index in [1.807, 2.05) is 0 Å². The van der Waals surface area contributed by atoms with Gasteiger partial charge in [-0.15, -0.1) is 0 Å². The van der Waals surface area contributed by atoms with Crippen LogP contribution in [0.25, 0.3) is 11.1 Å². The van der Waals surface area contributed by atoms with Crippen LogP contribution in [0.15, 0.2) is 48.5 Å². The lowest BCUT2D eigenvalue weighted by molar-refractivity contribution is 0.288. The number of aryl methyl sites for hydroxylation is 2. The van der Waals surface area contributed by atoms with Crippen molar-refractivity contribution in [3.63, 3.8) is 0 Å². The van der Waals surface area contributed by atoms with Crippen LogP contribution in [-0.2, 0) is 6.42 Å². The second kappa shape index (κ2) is 5.65. The number of rotatable bonds is 4. The van der Waals surface area contributed by atoms with Crippen LogP contribution in [0, 0.1) is 6.92 Å². The topological polar surface area (TPSA) is 20.2 Å². The van der Waals surface area contributed by atoms with E-state index in [0.29, 0.717) is 0 Å². The Morgan fingerprint density at radius 3 is 2.35 bits per heavy atom. The van der Waals surface area contributed by atoms with E-state index in [2.05, 4.69) is 55.5 Å². The van der Waals surface area contributed by atoms with Gasteiger partial charge in [-0.05, 0) is 36.5 Å². The number of benzene rings is 2. The highest BCUT2D eigenvalue weighted by Crippen LogP contribution is 2.24. The smallest absolute Gasteiger partial charge is 0.0434 e. The summed E-state index contributed by atoms with van der Waals surface area (Å²) in [6, 6.07) is 17.0. The molecule has 0 bridgehead atoms. The first-order chi connectivity index (χ1) is 8.31. The molecule has 0 amide bonds. The van der Waals surface area contributed by atoms with Crippen LogP contribution in [0.1, 0.15) is 17.5 Å². The maximum absolute atomic E-state index is 8.93. The van der Waals surface area contributed by atoms with Crippen LogP contribution in [-0.4, -0.2) is 11.7 Å². The minimum Gasteiger partial charge on any atom is -0.396 e. The summed E-state index contributed by atoms with van der Waals surface area (Å²) in [6.07, 6.45) is 1.75. The fourth-order valence-corrected chi connectivity index (χ4v) is 2.02. The van der Waals surface area contributed by atoms with Crippen molar-refractivity contribution in [2.75, 3.05) is 6.61 Å². The maximum Gasteiger partial charge on any atom is 0.0434 e. The van der Waals surface area contributed by atoms with Gasteiger partial charge in [-0.2, -0.15) is 0 Å². The Labute approximate surface area is 103 Å². The Balaban J connectivity index is 2.33. The van der Waals surface area contributed by atoms with Gasteiger partial charge in [-0.1, -0.05) is 54.1 Å². The van der Waals surface area contributed by atoms with Crippen LogP contribution in [0.5, 0.6) is 0 Å². The maximum atomic E-state index is 8.93. The fraction of sp³-hybridized carbons (Fsp3) is 0.250. The predicted octanol–water partition coefficient (Wildman–Crippen LogP) is 3.59. The lowest BCUT2D eigenvalue weighted by Gasteiger charge is -2.09. The molecule has 0 saturated heterocycles. The molecule has 0 atom stereocenters. The Hall–Kier alpha value is -1.60. The average Bonchev–Trinajstić information content (AvgIpc) is 2.38. The quantitative estimate of drug-likeness (QED) is 0.844. The molecule has 1 heteroatoms. The van der Waals surface area contributed by atoms with E-state index in [1.165, 1.54) is 22.3 Å². The van der Waals surface area contributed by atoms with E-state index in [4.69, 9.17) is 5.11 Å². The minimum atomic E-state index is 0.252. The SMILES string of the molecule is Cc1ccc(-c2ccccc2CCCO)cc1. The van der Waals surface area contributed by atoms with Crippen molar-refractivity contribution >= 4 is 0 Å². The molecule has 0 unspecified atom stereocenters. The summed E-state index contributed by atoms with van der Waals surface area (Å²) in [6.45, 7) is 2.35. The molecule has 0 radical (unpaired) electrons. The molecule has 2 rings (SSSR count). The Morgan fingerprint density at radius 1 is 0.941 bits per heavy atom. The number of hydrogen-bond acceptors (Lipinski definition) is 1. The van der Waals surface area contributed by atoms with Crippen LogP contribution >= 0.6 is 0 Å². The van der Waals surface area contributed by atoms with Gasteiger partial charge in [-0.25, -0.2) is 0 Å². The van der Waals surface area contributed by atoms with E-state index in [-0.39, 0.29) is 6.61 Å². The first-order valence-electron chi connectivity index (χ1n) is 6.07. The first-order valence-corrected chi connectivity index (χ1v) is 6.07. The molecule has 2 aromatic carbocycles. The summed E-state index contributed by atoms with van der Waals surface area (Å²) in [5.74, 6) is 0. The highest BCUT2D eigenvalue weighted by Gasteiger charge is 2.03. The molecular formula is C16H18O. The zero-order valence-corrected chi connectivity index (χ0v) is 10.2. The van der Waals surface area contributed by atoms with Gasteiger partial charge in [0.2, 0.25) is 0 Å². The van der Waals surface area contributed by atoms with Crippen molar-refractivity contribution in [3.8, 4) is 11.1 Å². The first kappa shape index (κ1) is 11.9. The summed E-state index contributed by atoms with van der Waals surface area (Å²) in [4.78, 5) is 0. The van der Waals surface area contributed by atoms with Crippen LogP contribution < -0.4 is 0 Å². The summed E-state index contributed by atoms with van der Waals surface area (Å²) in [7, 11) is 0. The van der Waals surface area contributed by atoms with Crippen molar-refractivity contribution in [1.82, 2.24) is 0 Å². The van der Waals surface area contributed by atoms with Crippen LogP contribution in [0.2, 0.25) is 0 Å². The predicted molar refractivity (Wildman–Crippen MR) is 72.0 cm³/mol. The third kappa shape index (κ3) is 2.95. The van der Waals surface area contributed by atoms with Crippen molar-refractivity contribution in [1.29, 1.82) is 0 Å². The van der Waals surface area contributed by atoms with E-state index in [9.17, 15) is 0 Å². The molecule has 88 valence electrons. The average molecular weight is 226 g/mol. The molecule has 0 heterocycles. The molecule has 0 aliphatic heterocycles. The highest BCUT2D eigenvalue weighted by atomic mass is 16.2. The number of aliphatic hydroxyl groups excluding tert-OH is 1. The zero-order valence-electron chi connectivity index (χ0n) is 10.2. The van der Waals surface area contributed by atoms with Gasteiger partial charge < -0.3 is 5.11 Å². The van der Waals surface area contributed by atoms with Gasteiger partial charge in [0, 0.05) is 6.61 Å². The molecule has 0 aliphatic carbocycles. The van der Waals surface area contributed by atoms with Crippen LogP contribution in [0.4, 0.5) is 0 Å². The standard InChI is InChI=1S/C16H18O/c1-13-8-10-15(11-9-13)16-7-3-2-5-14(16)6-4-12-17/h2-3,5,7-11,17H,4,6,12H2,1H3. The summed E-state index contributed by atoms with van der Waals surface area (Å²) >= 11 is 0. The monoisotopic (exact) mass is 226 g/mol. The molecule has 0 aromatic heterocycles. The largest absolute Gasteiger partial charge is 0.396 e. The lowest BCUT2D eigenvalue weighted by Crippen LogP contribution is -1.92. The molecule has 0 aliphatic rings. The summed E-state index contributed by atoms with van der Waals surface area (Å²) in [5, 5.41) is 8.93.